The number of rotatable bonds is 3. The molecular weight excluding hydrogens is 241 g/mol. The van der Waals surface area contributed by atoms with E-state index < -0.39 is 0 Å². The Hall–Kier alpha value is -1.97. The van der Waals surface area contributed by atoms with Crippen molar-refractivity contribution in [1.29, 1.82) is 0 Å². The predicted octanol–water partition coefficient (Wildman–Crippen LogP) is 3.71. The lowest BCUT2D eigenvalue weighted by Crippen LogP contribution is -2.10. The van der Waals surface area contributed by atoms with Crippen LogP contribution >= 0.6 is 0 Å². The molecule has 0 fully saturated rings. The van der Waals surface area contributed by atoms with Crippen LogP contribution in [-0.4, -0.2) is 9.97 Å². The topological polar surface area (TPSA) is 37.8 Å². The number of nitrogens with zero attached hydrogens (tertiary/aromatic N) is 2. The van der Waals surface area contributed by atoms with E-state index >= 15 is 0 Å². The zero-order valence-electron chi connectivity index (χ0n) is 11.7. The Morgan fingerprint density at radius 1 is 1.21 bits per heavy atom. The number of hydrogen-bond acceptors (Lipinski definition) is 3. The molecule has 4 heteroatoms. The second-order valence-corrected chi connectivity index (χ2v) is 4.82. The van der Waals surface area contributed by atoms with Gasteiger partial charge >= 0.3 is 0 Å². The van der Waals surface area contributed by atoms with Crippen molar-refractivity contribution in [3.05, 3.63) is 52.7 Å². The van der Waals surface area contributed by atoms with E-state index in [1.54, 1.807) is 25.3 Å². The number of aryl methyl sites for hydroxylation is 3. The fourth-order valence-electron chi connectivity index (χ4n) is 1.84. The van der Waals surface area contributed by atoms with Crippen LogP contribution in [0.3, 0.4) is 0 Å². The average Bonchev–Trinajstić information content (AvgIpc) is 2.37. The Labute approximate surface area is 112 Å². The van der Waals surface area contributed by atoms with Gasteiger partial charge in [0.1, 0.15) is 11.6 Å². The van der Waals surface area contributed by atoms with E-state index in [-0.39, 0.29) is 11.9 Å². The maximum Gasteiger partial charge on any atom is 0.148 e. The molecule has 1 aromatic carbocycles. The van der Waals surface area contributed by atoms with Crippen LogP contribution in [0.5, 0.6) is 0 Å². The monoisotopic (exact) mass is 259 g/mol. The Morgan fingerprint density at radius 2 is 1.95 bits per heavy atom. The van der Waals surface area contributed by atoms with Gasteiger partial charge in [-0.05, 0) is 44.9 Å². The molecule has 0 saturated carbocycles. The summed E-state index contributed by atoms with van der Waals surface area (Å²) in [5, 5.41) is 3.27. The minimum absolute atomic E-state index is 0.0232. The molecule has 1 atom stereocenters. The molecule has 0 aliphatic heterocycles. The van der Waals surface area contributed by atoms with Crippen LogP contribution in [0.4, 0.5) is 10.2 Å². The molecule has 1 unspecified atom stereocenters. The van der Waals surface area contributed by atoms with Gasteiger partial charge in [0.2, 0.25) is 0 Å². The summed E-state index contributed by atoms with van der Waals surface area (Å²) in [6, 6.07) is 5.25. The van der Waals surface area contributed by atoms with E-state index in [1.165, 1.54) is 0 Å². The first-order valence-electron chi connectivity index (χ1n) is 6.30. The summed E-state index contributed by atoms with van der Waals surface area (Å²) >= 11 is 0. The maximum atomic E-state index is 13.6. The second-order valence-electron chi connectivity index (χ2n) is 4.82. The molecule has 1 heterocycles. The van der Waals surface area contributed by atoms with Crippen LogP contribution < -0.4 is 5.32 Å². The SMILES string of the molecule is Cc1cnc(C)c(NC(C)c2ccc(C)c(F)c2)n1. The molecule has 2 rings (SSSR count). The molecule has 100 valence electrons. The minimum atomic E-state index is -0.182. The lowest BCUT2D eigenvalue weighted by Gasteiger charge is -2.17. The molecule has 1 aromatic heterocycles. The lowest BCUT2D eigenvalue weighted by molar-refractivity contribution is 0.614. The second kappa shape index (κ2) is 5.34. The van der Waals surface area contributed by atoms with Gasteiger partial charge in [0.15, 0.2) is 0 Å². The van der Waals surface area contributed by atoms with Crippen molar-refractivity contribution < 1.29 is 4.39 Å². The van der Waals surface area contributed by atoms with Gasteiger partial charge in [-0.3, -0.25) is 4.98 Å². The van der Waals surface area contributed by atoms with Gasteiger partial charge in [-0.15, -0.1) is 0 Å². The molecule has 0 aliphatic rings. The van der Waals surface area contributed by atoms with Gasteiger partial charge in [0, 0.05) is 6.20 Å². The Kier molecular flexibility index (Phi) is 3.79. The highest BCUT2D eigenvalue weighted by molar-refractivity contribution is 5.42. The molecule has 0 bridgehead atoms. The smallest absolute Gasteiger partial charge is 0.148 e. The zero-order valence-corrected chi connectivity index (χ0v) is 11.7. The molecular formula is C15H18FN3. The third-order valence-electron chi connectivity index (χ3n) is 3.13. The first kappa shape index (κ1) is 13.5. The average molecular weight is 259 g/mol. The summed E-state index contributed by atoms with van der Waals surface area (Å²) < 4.78 is 13.6. The van der Waals surface area contributed by atoms with Crippen molar-refractivity contribution in [2.24, 2.45) is 0 Å². The van der Waals surface area contributed by atoms with Crippen LogP contribution in [0.25, 0.3) is 0 Å². The highest BCUT2D eigenvalue weighted by atomic mass is 19.1. The number of hydrogen-bond donors (Lipinski definition) is 1. The highest BCUT2D eigenvalue weighted by Crippen LogP contribution is 2.21. The Balaban J connectivity index is 2.22. The summed E-state index contributed by atoms with van der Waals surface area (Å²) in [6.45, 7) is 7.53. The first-order valence-corrected chi connectivity index (χ1v) is 6.30. The van der Waals surface area contributed by atoms with Crippen molar-refractivity contribution in [2.75, 3.05) is 5.32 Å². The summed E-state index contributed by atoms with van der Waals surface area (Å²) in [6.07, 6.45) is 1.73. The number of anilines is 1. The van der Waals surface area contributed by atoms with Crippen molar-refractivity contribution in [1.82, 2.24) is 9.97 Å². The summed E-state index contributed by atoms with van der Waals surface area (Å²) in [4.78, 5) is 8.67. The van der Waals surface area contributed by atoms with Crippen LogP contribution in [0.2, 0.25) is 0 Å². The lowest BCUT2D eigenvalue weighted by atomic mass is 10.1. The minimum Gasteiger partial charge on any atom is -0.362 e. The molecule has 3 nitrogen and oxygen atoms in total. The van der Waals surface area contributed by atoms with Crippen molar-refractivity contribution in [3.8, 4) is 0 Å². The Bertz CT molecular complexity index is 596. The fraction of sp³-hybridized carbons (Fsp3) is 0.333. The van der Waals surface area contributed by atoms with Gasteiger partial charge in [-0.2, -0.15) is 0 Å². The number of halogens is 1. The molecule has 0 aliphatic carbocycles. The third kappa shape index (κ3) is 3.08. The first-order chi connectivity index (χ1) is 8.97. The van der Waals surface area contributed by atoms with Crippen LogP contribution in [0, 0.1) is 26.6 Å². The van der Waals surface area contributed by atoms with Gasteiger partial charge in [0.25, 0.3) is 0 Å². The van der Waals surface area contributed by atoms with Crippen molar-refractivity contribution in [3.63, 3.8) is 0 Å². The molecule has 0 radical (unpaired) electrons. The predicted molar refractivity (Wildman–Crippen MR) is 74.7 cm³/mol. The van der Waals surface area contributed by atoms with Crippen LogP contribution in [0.15, 0.2) is 24.4 Å². The quantitative estimate of drug-likeness (QED) is 0.913. The third-order valence-corrected chi connectivity index (χ3v) is 3.13. The molecule has 19 heavy (non-hydrogen) atoms. The number of nitrogens with one attached hydrogen (secondary N) is 1. The summed E-state index contributed by atoms with van der Waals surface area (Å²) in [5.41, 5.74) is 3.24. The molecule has 0 amide bonds. The largest absolute Gasteiger partial charge is 0.362 e. The molecule has 1 N–H and O–H groups in total. The van der Waals surface area contributed by atoms with Crippen molar-refractivity contribution >= 4 is 5.82 Å². The molecule has 0 saturated heterocycles. The standard InChI is InChI=1S/C15H18FN3/c1-9-5-6-13(7-14(9)16)11(3)19-15-12(4)17-8-10(2)18-15/h5-8,11H,1-4H3,(H,18,19). The normalized spacial score (nSPS) is 12.3. The van der Waals surface area contributed by atoms with Gasteiger partial charge < -0.3 is 5.32 Å². The van der Waals surface area contributed by atoms with E-state index in [2.05, 4.69) is 15.3 Å². The number of aromatic nitrogens is 2. The summed E-state index contributed by atoms with van der Waals surface area (Å²) in [7, 11) is 0. The van der Waals surface area contributed by atoms with Crippen LogP contribution in [-0.2, 0) is 0 Å². The van der Waals surface area contributed by atoms with Gasteiger partial charge in [-0.1, -0.05) is 12.1 Å². The maximum absolute atomic E-state index is 13.6. The number of benzene rings is 1. The summed E-state index contributed by atoms with van der Waals surface area (Å²) in [5.74, 6) is 0.562. The van der Waals surface area contributed by atoms with Gasteiger partial charge in [-0.25, -0.2) is 9.37 Å². The van der Waals surface area contributed by atoms with E-state index in [1.807, 2.05) is 26.8 Å². The molecule has 0 spiro atoms. The van der Waals surface area contributed by atoms with E-state index in [0.717, 1.165) is 22.8 Å². The Morgan fingerprint density at radius 3 is 2.63 bits per heavy atom. The van der Waals surface area contributed by atoms with Crippen LogP contribution in [0.1, 0.15) is 35.5 Å². The van der Waals surface area contributed by atoms with Crippen molar-refractivity contribution in [2.45, 2.75) is 33.7 Å². The van der Waals surface area contributed by atoms with E-state index in [9.17, 15) is 4.39 Å². The molecule has 2 aromatic rings. The fourth-order valence-corrected chi connectivity index (χ4v) is 1.84. The zero-order chi connectivity index (χ0) is 14.0. The van der Waals surface area contributed by atoms with E-state index in [4.69, 9.17) is 0 Å². The highest BCUT2D eigenvalue weighted by Gasteiger charge is 2.10. The van der Waals surface area contributed by atoms with E-state index in [0.29, 0.717) is 5.56 Å². The van der Waals surface area contributed by atoms with Gasteiger partial charge in [0.05, 0.1) is 17.4 Å².